The van der Waals surface area contributed by atoms with Crippen molar-refractivity contribution in [2.24, 2.45) is 0 Å². The van der Waals surface area contributed by atoms with Gasteiger partial charge >= 0.3 is 5.97 Å². The molecule has 0 aliphatic rings. The van der Waals surface area contributed by atoms with Gasteiger partial charge < -0.3 is 4.74 Å². The number of alkyl halides is 1. The normalized spacial score (nSPS) is 8.00. The van der Waals surface area contributed by atoms with E-state index in [1.807, 2.05) is 52.8 Å². The van der Waals surface area contributed by atoms with E-state index in [0.717, 1.165) is 17.3 Å². The molecule has 0 heterocycles. The Bertz CT molecular complexity index is 325. The lowest BCUT2D eigenvalue weighted by Crippen LogP contribution is -2.06. The van der Waals surface area contributed by atoms with E-state index < -0.39 is 0 Å². The predicted octanol–water partition coefficient (Wildman–Crippen LogP) is 6.41. The zero-order chi connectivity index (χ0) is 17.1. The van der Waals surface area contributed by atoms with Gasteiger partial charge in [-0.05, 0) is 25.5 Å². The summed E-state index contributed by atoms with van der Waals surface area (Å²) in [6, 6.07) is 7.41. The minimum Gasteiger partial charge on any atom is -0.462 e. The number of aryl methyl sites for hydroxylation is 1. The molecule has 0 atom stereocenters. The van der Waals surface area contributed by atoms with E-state index in [0.29, 0.717) is 12.2 Å². The van der Waals surface area contributed by atoms with Gasteiger partial charge in [-0.3, -0.25) is 0 Å². The molecule has 0 saturated heterocycles. The fourth-order valence-electron chi connectivity index (χ4n) is 1.07. The minimum absolute atomic E-state index is 0.241. The van der Waals surface area contributed by atoms with Gasteiger partial charge in [0.05, 0.1) is 12.2 Å². The van der Waals surface area contributed by atoms with Gasteiger partial charge in [0.25, 0.3) is 0 Å². The lowest BCUT2D eigenvalue weighted by molar-refractivity contribution is 0.0506. The number of ether oxygens (including phenoxy) is 1. The average Bonchev–Trinajstić information content (AvgIpc) is 2.52. The van der Waals surface area contributed by atoms with Crippen molar-refractivity contribution in [3.05, 3.63) is 35.4 Å². The van der Waals surface area contributed by atoms with Crippen molar-refractivity contribution in [1.82, 2.24) is 0 Å². The van der Waals surface area contributed by atoms with E-state index in [1.54, 1.807) is 6.07 Å². The number of hydrogen-bond acceptors (Lipinski definition) is 2. The van der Waals surface area contributed by atoms with Crippen LogP contribution in [0.1, 0.15) is 70.3 Å². The molecule has 0 aromatic heterocycles. The van der Waals surface area contributed by atoms with Gasteiger partial charge in [-0.1, -0.05) is 81.6 Å². The summed E-state index contributed by atoms with van der Waals surface area (Å²) in [5.41, 5.74) is 1.69. The highest BCUT2D eigenvalue weighted by molar-refractivity contribution is 9.09. The quantitative estimate of drug-likeness (QED) is 0.352. The van der Waals surface area contributed by atoms with Crippen LogP contribution >= 0.6 is 15.9 Å². The summed E-state index contributed by atoms with van der Waals surface area (Å²) in [7, 11) is 0. The van der Waals surface area contributed by atoms with Crippen LogP contribution in [0.25, 0.3) is 0 Å². The van der Waals surface area contributed by atoms with Crippen LogP contribution in [0.2, 0.25) is 0 Å². The van der Waals surface area contributed by atoms with E-state index in [1.165, 1.54) is 6.42 Å². The van der Waals surface area contributed by atoms with Crippen molar-refractivity contribution in [2.75, 3.05) is 11.9 Å². The monoisotopic (exact) mass is 360 g/mol. The Morgan fingerprint density at radius 3 is 2.10 bits per heavy atom. The zero-order valence-electron chi connectivity index (χ0n) is 14.8. The maximum Gasteiger partial charge on any atom is 0.338 e. The number of rotatable bonds is 4. The van der Waals surface area contributed by atoms with Gasteiger partial charge in [0.15, 0.2) is 0 Å². The van der Waals surface area contributed by atoms with Crippen molar-refractivity contribution < 1.29 is 9.53 Å². The minimum atomic E-state index is -0.241. The number of carbonyl (C=O) groups is 1. The molecule has 0 radical (unpaired) electrons. The highest BCUT2D eigenvalue weighted by Crippen LogP contribution is 2.05. The number of carbonyl (C=O) groups excluding carboxylic acids is 1. The Kier molecular flexibility index (Phi) is 25.7. The third-order valence-corrected chi connectivity index (χ3v) is 2.33. The van der Waals surface area contributed by atoms with Crippen molar-refractivity contribution in [3.63, 3.8) is 0 Å². The molecular formula is C18H33BrO2. The Labute approximate surface area is 140 Å². The summed E-state index contributed by atoms with van der Waals surface area (Å²) in [5.74, 6) is -0.241. The summed E-state index contributed by atoms with van der Waals surface area (Å²) in [6.07, 6.45) is 2.09. The summed E-state index contributed by atoms with van der Waals surface area (Å²) >= 11 is 3.28. The molecule has 0 amide bonds. The van der Waals surface area contributed by atoms with Crippen molar-refractivity contribution in [2.45, 2.75) is 61.3 Å². The van der Waals surface area contributed by atoms with Crippen molar-refractivity contribution in [3.8, 4) is 0 Å². The third kappa shape index (κ3) is 17.1. The molecule has 1 rings (SSSR count). The van der Waals surface area contributed by atoms with Gasteiger partial charge in [-0.15, -0.1) is 0 Å². The first-order chi connectivity index (χ1) is 10.2. The average molecular weight is 361 g/mol. The fraction of sp³-hybridized carbons (Fsp3) is 0.611. The van der Waals surface area contributed by atoms with Crippen LogP contribution in [0.3, 0.4) is 0 Å². The third-order valence-electron chi connectivity index (χ3n) is 1.76. The molecule has 21 heavy (non-hydrogen) atoms. The lowest BCUT2D eigenvalue weighted by Gasteiger charge is -2.03. The summed E-state index contributed by atoms with van der Waals surface area (Å²) < 4.78 is 5.05. The molecule has 3 heteroatoms. The maximum absolute atomic E-state index is 11.4. The number of benzene rings is 1. The molecule has 0 unspecified atom stereocenters. The lowest BCUT2D eigenvalue weighted by atomic mass is 10.1. The molecular weight excluding hydrogens is 328 g/mol. The Balaban J connectivity index is -0.000000399. The highest BCUT2D eigenvalue weighted by Gasteiger charge is 2.05. The molecule has 0 N–H and O–H groups in total. The summed E-state index contributed by atoms with van der Waals surface area (Å²) in [6.45, 7) is 14.7. The van der Waals surface area contributed by atoms with Gasteiger partial charge in [0.1, 0.15) is 0 Å². The largest absolute Gasteiger partial charge is 0.462 e. The molecule has 0 bridgehead atoms. The first-order valence-corrected chi connectivity index (χ1v) is 9.07. The van der Waals surface area contributed by atoms with Crippen molar-refractivity contribution >= 4 is 21.9 Å². The first kappa shape index (κ1) is 25.1. The Morgan fingerprint density at radius 1 is 1.14 bits per heavy atom. The smallest absolute Gasteiger partial charge is 0.338 e. The van der Waals surface area contributed by atoms with Crippen LogP contribution < -0.4 is 0 Å². The number of halogens is 1. The second-order valence-electron chi connectivity index (χ2n) is 3.76. The molecule has 0 aliphatic heterocycles. The molecule has 0 fully saturated rings. The van der Waals surface area contributed by atoms with Gasteiger partial charge in [-0.2, -0.15) is 0 Å². The van der Waals surface area contributed by atoms with Gasteiger partial charge in [0.2, 0.25) is 0 Å². The molecule has 0 aliphatic carbocycles. The molecule has 0 saturated carbocycles. The van der Waals surface area contributed by atoms with E-state index in [4.69, 9.17) is 4.74 Å². The first-order valence-electron chi connectivity index (χ1n) is 7.95. The Morgan fingerprint density at radius 2 is 1.67 bits per heavy atom. The molecule has 0 spiro atoms. The predicted molar refractivity (Wildman–Crippen MR) is 98.5 cm³/mol. The van der Waals surface area contributed by atoms with E-state index in [9.17, 15) is 4.79 Å². The SMILES string of the molecule is CC.CC.CCC.Cc1cccc(C(=O)OCCCBr)c1. The standard InChI is InChI=1S/C11H13BrO2.C3H8.2C2H6/c1-9-4-2-5-10(8-9)11(13)14-7-3-6-12;1-3-2;2*1-2/h2,4-5,8H,3,6-7H2,1H3;3H2,1-2H3;2*1-2H3. The van der Waals surface area contributed by atoms with E-state index >= 15 is 0 Å². The molecule has 1 aromatic carbocycles. The topological polar surface area (TPSA) is 26.3 Å². The van der Waals surface area contributed by atoms with Crippen LogP contribution in [0.4, 0.5) is 0 Å². The van der Waals surface area contributed by atoms with E-state index in [2.05, 4.69) is 29.8 Å². The second kappa shape index (κ2) is 21.5. The van der Waals surface area contributed by atoms with Crippen molar-refractivity contribution in [1.29, 1.82) is 0 Å². The molecule has 1 aromatic rings. The van der Waals surface area contributed by atoms with Crippen LogP contribution in [0.5, 0.6) is 0 Å². The highest BCUT2D eigenvalue weighted by atomic mass is 79.9. The van der Waals surface area contributed by atoms with Gasteiger partial charge in [-0.25, -0.2) is 4.79 Å². The summed E-state index contributed by atoms with van der Waals surface area (Å²) in [5, 5.41) is 0.855. The number of hydrogen-bond donors (Lipinski definition) is 0. The van der Waals surface area contributed by atoms with Crippen LogP contribution in [0.15, 0.2) is 24.3 Å². The van der Waals surface area contributed by atoms with E-state index in [-0.39, 0.29) is 5.97 Å². The second-order valence-corrected chi connectivity index (χ2v) is 4.55. The summed E-state index contributed by atoms with van der Waals surface area (Å²) in [4.78, 5) is 11.4. The molecule has 124 valence electrons. The van der Waals surface area contributed by atoms with Gasteiger partial charge in [0, 0.05) is 5.33 Å². The number of esters is 1. The van der Waals surface area contributed by atoms with Crippen LogP contribution in [-0.2, 0) is 4.74 Å². The Hall–Kier alpha value is -0.830. The fourth-order valence-corrected chi connectivity index (χ4v) is 1.30. The maximum atomic E-state index is 11.4. The van der Waals surface area contributed by atoms with Crippen LogP contribution in [-0.4, -0.2) is 17.9 Å². The van der Waals surface area contributed by atoms with Crippen LogP contribution in [0, 0.1) is 6.92 Å². The zero-order valence-corrected chi connectivity index (χ0v) is 16.4. The molecule has 2 nitrogen and oxygen atoms in total.